The fourth-order valence-corrected chi connectivity index (χ4v) is 2.60. The number of hydrogen-bond acceptors (Lipinski definition) is 5. The maximum Gasteiger partial charge on any atom is 0.407 e. The van der Waals surface area contributed by atoms with E-state index in [9.17, 15) is 14.7 Å². The maximum absolute atomic E-state index is 11.9. The molecule has 0 radical (unpaired) electrons. The molecule has 1 saturated heterocycles. The number of nitrogens with one attached hydrogen (secondary N) is 1. The Morgan fingerprint density at radius 2 is 2.00 bits per heavy atom. The molecule has 0 saturated carbocycles. The number of carbonyl (C=O) groups excluding carboxylic acids is 1. The zero-order valence-electron chi connectivity index (χ0n) is 13.8. The molecule has 22 heavy (non-hydrogen) atoms. The van der Waals surface area contributed by atoms with E-state index in [-0.39, 0.29) is 18.4 Å². The van der Waals surface area contributed by atoms with Gasteiger partial charge in [-0.1, -0.05) is 0 Å². The van der Waals surface area contributed by atoms with Crippen LogP contribution in [0.3, 0.4) is 0 Å². The molecule has 0 aromatic rings. The summed E-state index contributed by atoms with van der Waals surface area (Å²) in [5.41, 5.74) is -0.564. The predicted molar refractivity (Wildman–Crippen MR) is 81.6 cm³/mol. The van der Waals surface area contributed by atoms with Crippen LogP contribution in [0.1, 0.15) is 40.5 Å². The van der Waals surface area contributed by atoms with Crippen LogP contribution in [0.4, 0.5) is 4.79 Å². The standard InChI is InChI=1S/C15H28N2O5/c1-10(18)11-7-12(16-14(21)22-15(2,3)4)9-17(8-11)6-5-13(19)20/h10-12,18H,5-9H2,1-4H3,(H,16,21)(H,19,20). The molecule has 0 bridgehead atoms. The highest BCUT2D eigenvalue weighted by atomic mass is 16.6. The number of aliphatic hydroxyl groups is 1. The van der Waals surface area contributed by atoms with Crippen LogP contribution in [0.5, 0.6) is 0 Å². The first-order valence-corrected chi connectivity index (χ1v) is 7.68. The summed E-state index contributed by atoms with van der Waals surface area (Å²) in [6.07, 6.45) is -0.288. The third-order valence-corrected chi connectivity index (χ3v) is 3.60. The SMILES string of the molecule is CC(O)C1CC(NC(=O)OC(C)(C)C)CN(CCC(=O)O)C1. The summed E-state index contributed by atoms with van der Waals surface area (Å²) in [6.45, 7) is 8.72. The van der Waals surface area contributed by atoms with E-state index >= 15 is 0 Å². The largest absolute Gasteiger partial charge is 0.481 e. The number of ether oxygens (including phenoxy) is 1. The monoisotopic (exact) mass is 316 g/mol. The van der Waals surface area contributed by atoms with Crippen LogP contribution in [0.15, 0.2) is 0 Å². The van der Waals surface area contributed by atoms with E-state index in [0.717, 1.165) is 0 Å². The fourth-order valence-electron chi connectivity index (χ4n) is 2.60. The number of carbonyl (C=O) groups is 2. The summed E-state index contributed by atoms with van der Waals surface area (Å²) in [7, 11) is 0. The highest BCUT2D eigenvalue weighted by molar-refractivity contribution is 5.68. The highest BCUT2D eigenvalue weighted by Gasteiger charge is 2.31. The van der Waals surface area contributed by atoms with E-state index < -0.39 is 23.8 Å². The Balaban J connectivity index is 2.60. The summed E-state index contributed by atoms with van der Waals surface area (Å²) >= 11 is 0. The molecule has 3 N–H and O–H groups in total. The Morgan fingerprint density at radius 3 is 2.50 bits per heavy atom. The van der Waals surface area contributed by atoms with Gasteiger partial charge in [-0.25, -0.2) is 4.79 Å². The average Bonchev–Trinajstić information content (AvgIpc) is 2.33. The molecule has 1 aliphatic heterocycles. The minimum Gasteiger partial charge on any atom is -0.481 e. The van der Waals surface area contributed by atoms with E-state index in [4.69, 9.17) is 9.84 Å². The van der Waals surface area contributed by atoms with Gasteiger partial charge in [-0.15, -0.1) is 0 Å². The van der Waals surface area contributed by atoms with Crippen LogP contribution in [0, 0.1) is 5.92 Å². The number of carboxylic acids is 1. The van der Waals surface area contributed by atoms with Crippen molar-refractivity contribution in [3.8, 4) is 0 Å². The Morgan fingerprint density at radius 1 is 1.36 bits per heavy atom. The summed E-state index contributed by atoms with van der Waals surface area (Å²) < 4.78 is 5.24. The van der Waals surface area contributed by atoms with Gasteiger partial charge in [0.2, 0.25) is 0 Å². The summed E-state index contributed by atoms with van der Waals surface area (Å²) in [4.78, 5) is 24.5. The van der Waals surface area contributed by atoms with Gasteiger partial charge >= 0.3 is 12.1 Å². The van der Waals surface area contributed by atoms with Crippen molar-refractivity contribution in [2.75, 3.05) is 19.6 Å². The number of likely N-dealkylation sites (tertiary alicyclic amines) is 1. The molecule has 0 aromatic heterocycles. The van der Waals surface area contributed by atoms with E-state index in [2.05, 4.69) is 5.32 Å². The van der Waals surface area contributed by atoms with Gasteiger partial charge in [0.25, 0.3) is 0 Å². The van der Waals surface area contributed by atoms with Gasteiger partial charge < -0.3 is 25.2 Å². The molecular weight excluding hydrogens is 288 g/mol. The molecule has 7 nitrogen and oxygen atoms in total. The lowest BCUT2D eigenvalue weighted by Gasteiger charge is -2.39. The van der Waals surface area contributed by atoms with Crippen LogP contribution in [0.2, 0.25) is 0 Å². The number of piperidine rings is 1. The molecule has 7 heteroatoms. The molecule has 0 spiro atoms. The Bertz CT molecular complexity index is 392. The van der Waals surface area contributed by atoms with Crippen LogP contribution in [-0.2, 0) is 9.53 Å². The molecule has 1 heterocycles. The normalized spacial score (nSPS) is 24.6. The van der Waals surface area contributed by atoms with Crippen molar-refractivity contribution in [1.82, 2.24) is 10.2 Å². The molecule has 128 valence electrons. The van der Waals surface area contributed by atoms with Crippen LogP contribution in [0.25, 0.3) is 0 Å². The van der Waals surface area contributed by atoms with E-state index in [1.54, 1.807) is 27.7 Å². The van der Waals surface area contributed by atoms with Crippen LogP contribution in [-0.4, -0.2) is 64.6 Å². The van der Waals surface area contributed by atoms with Crippen molar-refractivity contribution in [2.24, 2.45) is 5.92 Å². The molecule has 0 aromatic carbocycles. The van der Waals surface area contributed by atoms with E-state index in [1.807, 2.05) is 4.90 Å². The summed E-state index contributed by atoms with van der Waals surface area (Å²) in [6, 6.07) is -0.156. The molecule has 1 fully saturated rings. The highest BCUT2D eigenvalue weighted by Crippen LogP contribution is 2.21. The Labute approximate surface area is 131 Å². The first kappa shape index (κ1) is 18.7. The Kier molecular flexibility index (Phi) is 6.62. The molecule has 0 aliphatic carbocycles. The van der Waals surface area contributed by atoms with Crippen molar-refractivity contribution in [1.29, 1.82) is 0 Å². The maximum atomic E-state index is 11.9. The van der Waals surface area contributed by atoms with Crippen LogP contribution < -0.4 is 5.32 Å². The number of aliphatic hydroxyl groups excluding tert-OH is 1. The zero-order chi connectivity index (χ0) is 16.9. The average molecular weight is 316 g/mol. The van der Waals surface area contributed by atoms with Crippen molar-refractivity contribution >= 4 is 12.1 Å². The van der Waals surface area contributed by atoms with Crippen molar-refractivity contribution in [3.05, 3.63) is 0 Å². The number of rotatable bonds is 5. The zero-order valence-corrected chi connectivity index (χ0v) is 13.8. The van der Waals surface area contributed by atoms with Gasteiger partial charge in [0.15, 0.2) is 0 Å². The Hall–Kier alpha value is -1.34. The first-order chi connectivity index (χ1) is 10.1. The summed E-state index contributed by atoms with van der Waals surface area (Å²) in [5.74, 6) is -0.849. The number of carboxylic acid groups (broad SMARTS) is 1. The lowest BCUT2D eigenvalue weighted by molar-refractivity contribution is -0.137. The molecule has 1 aliphatic rings. The minimum atomic E-state index is -0.851. The second-order valence-corrected chi connectivity index (χ2v) is 6.98. The van der Waals surface area contributed by atoms with Crippen molar-refractivity contribution < 1.29 is 24.5 Å². The lowest BCUT2D eigenvalue weighted by Crippen LogP contribution is -2.53. The quantitative estimate of drug-likeness (QED) is 0.701. The molecule has 1 rings (SSSR count). The second-order valence-electron chi connectivity index (χ2n) is 6.98. The number of nitrogens with zero attached hydrogens (tertiary/aromatic N) is 1. The first-order valence-electron chi connectivity index (χ1n) is 7.68. The predicted octanol–water partition coefficient (Wildman–Crippen LogP) is 1.06. The lowest BCUT2D eigenvalue weighted by atomic mass is 9.90. The smallest absolute Gasteiger partial charge is 0.407 e. The van der Waals surface area contributed by atoms with Crippen molar-refractivity contribution in [3.63, 3.8) is 0 Å². The van der Waals surface area contributed by atoms with Gasteiger partial charge in [-0.05, 0) is 40.0 Å². The third kappa shape index (κ3) is 7.09. The topological polar surface area (TPSA) is 99.1 Å². The van der Waals surface area contributed by atoms with Gasteiger partial charge in [0, 0.05) is 25.7 Å². The molecule has 1 amide bonds. The summed E-state index contributed by atoms with van der Waals surface area (Å²) in [5, 5.41) is 21.4. The number of hydrogen-bond donors (Lipinski definition) is 3. The third-order valence-electron chi connectivity index (χ3n) is 3.60. The number of alkyl carbamates (subject to hydrolysis) is 1. The van der Waals surface area contributed by atoms with Crippen LogP contribution >= 0.6 is 0 Å². The van der Waals surface area contributed by atoms with Crippen molar-refractivity contribution in [2.45, 2.75) is 58.3 Å². The van der Waals surface area contributed by atoms with E-state index in [0.29, 0.717) is 26.1 Å². The fraction of sp³-hybridized carbons (Fsp3) is 0.867. The van der Waals surface area contributed by atoms with Gasteiger partial charge in [0.1, 0.15) is 5.60 Å². The molecule has 3 atom stereocenters. The van der Waals surface area contributed by atoms with Gasteiger partial charge in [-0.3, -0.25) is 4.79 Å². The van der Waals surface area contributed by atoms with Gasteiger partial charge in [0.05, 0.1) is 12.5 Å². The number of aliphatic carboxylic acids is 1. The number of amides is 1. The van der Waals surface area contributed by atoms with Gasteiger partial charge in [-0.2, -0.15) is 0 Å². The molecular formula is C15H28N2O5. The minimum absolute atomic E-state index is 0.00230. The molecule has 3 unspecified atom stereocenters. The second kappa shape index (κ2) is 7.78. The van der Waals surface area contributed by atoms with E-state index in [1.165, 1.54) is 0 Å².